The molecular weight excluding hydrogens is 172 g/mol. The molecule has 2 rings (SSSR count). The Balaban J connectivity index is 2.39. The van der Waals surface area contributed by atoms with Crippen molar-refractivity contribution in [2.45, 2.75) is 0 Å². The van der Waals surface area contributed by atoms with E-state index in [2.05, 4.69) is 6.07 Å². The summed E-state index contributed by atoms with van der Waals surface area (Å²) in [5.74, 6) is 0. The van der Waals surface area contributed by atoms with Crippen molar-refractivity contribution >= 4 is 6.29 Å². The van der Waals surface area contributed by atoms with Crippen molar-refractivity contribution < 1.29 is 4.79 Å². The van der Waals surface area contributed by atoms with Gasteiger partial charge in [0.15, 0.2) is 0 Å². The lowest BCUT2D eigenvalue weighted by Crippen LogP contribution is -1.80. The lowest BCUT2D eigenvalue weighted by atomic mass is 10.0. The lowest BCUT2D eigenvalue weighted by Gasteiger charge is -2.00. The Morgan fingerprint density at radius 3 is 2.00 bits per heavy atom. The Kier molecular flexibility index (Phi) is 2.41. The number of benzene rings is 2. The van der Waals surface area contributed by atoms with Gasteiger partial charge in [0, 0.05) is 5.56 Å². The number of aldehydes is 1. The van der Waals surface area contributed by atoms with Gasteiger partial charge in [-0.05, 0) is 17.2 Å². The average Bonchev–Trinajstić information content (AvgIpc) is 2.30. The van der Waals surface area contributed by atoms with Gasteiger partial charge in [0.25, 0.3) is 0 Å². The standard InChI is InChI=1S/C13H9O/c14-10-11-6-8-13(9-7-11)12-4-2-1-3-5-12/h2-10H. The molecule has 0 saturated heterocycles. The van der Waals surface area contributed by atoms with E-state index >= 15 is 0 Å². The molecule has 0 unspecified atom stereocenters. The fraction of sp³-hybridized carbons (Fsp3) is 0. The fourth-order valence-corrected chi connectivity index (χ4v) is 1.33. The summed E-state index contributed by atoms with van der Waals surface area (Å²) in [5, 5.41) is 0. The number of carbonyl (C=O) groups is 1. The van der Waals surface area contributed by atoms with Crippen LogP contribution in [0.4, 0.5) is 0 Å². The molecule has 0 fully saturated rings. The normalized spacial score (nSPS) is 9.71. The minimum atomic E-state index is 0.705. The molecule has 0 N–H and O–H groups in total. The second kappa shape index (κ2) is 3.88. The number of hydrogen-bond acceptors (Lipinski definition) is 1. The van der Waals surface area contributed by atoms with Gasteiger partial charge in [0.2, 0.25) is 0 Å². The van der Waals surface area contributed by atoms with Crippen molar-refractivity contribution in [3.05, 3.63) is 60.2 Å². The molecule has 0 saturated carbocycles. The second-order valence-corrected chi connectivity index (χ2v) is 3.03. The van der Waals surface area contributed by atoms with E-state index in [1.807, 2.05) is 48.5 Å². The number of hydrogen-bond donors (Lipinski definition) is 0. The minimum absolute atomic E-state index is 0.705. The highest BCUT2D eigenvalue weighted by atomic mass is 16.1. The van der Waals surface area contributed by atoms with Crippen LogP contribution >= 0.6 is 0 Å². The van der Waals surface area contributed by atoms with Gasteiger partial charge >= 0.3 is 0 Å². The van der Waals surface area contributed by atoms with E-state index in [1.165, 1.54) is 0 Å². The molecule has 2 aromatic carbocycles. The Labute approximate surface area is 83.0 Å². The summed E-state index contributed by atoms with van der Waals surface area (Å²) in [6.45, 7) is 0. The van der Waals surface area contributed by atoms with Gasteiger partial charge in [0.1, 0.15) is 6.29 Å². The molecule has 0 amide bonds. The van der Waals surface area contributed by atoms with Gasteiger partial charge in [-0.2, -0.15) is 0 Å². The fourth-order valence-electron chi connectivity index (χ4n) is 1.33. The molecule has 0 bridgehead atoms. The maximum atomic E-state index is 10.4. The Morgan fingerprint density at radius 2 is 1.43 bits per heavy atom. The first-order valence-corrected chi connectivity index (χ1v) is 4.42. The monoisotopic (exact) mass is 181 g/mol. The highest BCUT2D eigenvalue weighted by Crippen LogP contribution is 2.18. The third-order valence-corrected chi connectivity index (χ3v) is 2.10. The lowest BCUT2D eigenvalue weighted by molar-refractivity contribution is 0.112. The molecule has 0 aromatic heterocycles. The largest absolute Gasteiger partial charge is 0.298 e. The average molecular weight is 181 g/mol. The zero-order chi connectivity index (χ0) is 9.80. The number of carbonyl (C=O) groups excluding carboxylic acids is 1. The summed E-state index contributed by atoms with van der Waals surface area (Å²) < 4.78 is 0. The third-order valence-electron chi connectivity index (χ3n) is 2.10. The highest BCUT2D eigenvalue weighted by Gasteiger charge is 1.95. The Hall–Kier alpha value is -1.89. The van der Waals surface area contributed by atoms with Crippen molar-refractivity contribution in [3.63, 3.8) is 0 Å². The van der Waals surface area contributed by atoms with Crippen LogP contribution in [0.2, 0.25) is 0 Å². The predicted molar refractivity (Wildman–Crippen MR) is 56.1 cm³/mol. The molecule has 0 atom stereocenters. The quantitative estimate of drug-likeness (QED) is 0.651. The zero-order valence-corrected chi connectivity index (χ0v) is 7.60. The molecule has 1 nitrogen and oxygen atoms in total. The first-order valence-electron chi connectivity index (χ1n) is 4.42. The summed E-state index contributed by atoms with van der Waals surface area (Å²) >= 11 is 0. The first kappa shape index (κ1) is 8.70. The smallest absolute Gasteiger partial charge is 0.150 e. The SMILES string of the molecule is O=Cc1ccc(-c2cc[c]cc2)cc1. The van der Waals surface area contributed by atoms with Crippen molar-refractivity contribution in [2.24, 2.45) is 0 Å². The van der Waals surface area contributed by atoms with Crippen molar-refractivity contribution in [2.75, 3.05) is 0 Å². The van der Waals surface area contributed by atoms with E-state index in [1.54, 1.807) is 0 Å². The van der Waals surface area contributed by atoms with Crippen LogP contribution in [0.15, 0.2) is 48.5 Å². The van der Waals surface area contributed by atoms with Crippen LogP contribution in [-0.4, -0.2) is 6.29 Å². The van der Waals surface area contributed by atoms with Gasteiger partial charge in [-0.3, -0.25) is 4.79 Å². The van der Waals surface area contributed by atoms with Crippen LogP contribution in [0, 0.1) is 6.07 Å². The molecule has 67 valence electrons. The molecule has 0 heterocycles. The van der Waals surface area contributed by atoms with E-state index in [0.717, 1.165) is 17.4 Å². The molecular formula is C13H9O. The van der Waals surface area contributed by atoms with Crippen LogP contribution in [0.25, 0.3) is 11.1 Å². The maximum Gasteiger partial charge on any atom is 0.150 e. The number of rotatable bonds is 2. The van der Waals surface area contributed by atoms with Crippen LogP contribution in [0.1, 0.15) is 10.4 Å². The predicted octanol–water partition coefficient (Wildman–Crippen LogP) is 2.97. The molecule has 0 aliphatic carbocycles. The van der Waals surface area contributed by atoms with Crippen LogP contribution in [0.3, 0.4) is 0 Å². The third kappa shape index (κ3) is 1.72. The molecule has 1 radical (unpaired) electrons. The maximum absolute atomic E-state index is 10.4. The van der Waals surface area contributed by atoms with E-state index in [-0.39, 0.29) is 0 Å². The van der Waals surface area contributed by atoms with E-state index in [4.69, 9.17) is 0 Å². The molecule has 1 heteroatoms. The Morgan fingerprint density at radius 1 is 0.857 bits per heavy atom. The Bertz CT molecular complexity index is 415. The van der Waals surface area contributed by atoms with Gasteiger partial charge in [-0.1, -0.05) is 48.5 Å². The van der Waals surface area contributed by atoms with Gasteiger partial charge in [0.05, 0.1) is 0 Å². The minimum Gasteiger partial charge on any atom is -0.298 e. The van der Waals surface area contributed by atoms with Crippen molar-refractivity contribution in [3.8, 4) is 11.1 Å². The molecule has 0 aliphatic rings. The molecule has 14 heavy (non-hydrogen) atoms. The van der Waals surface area contributed by atoms with Crippen LogP contribution in [-0.2, 0) is 0 Å². The van der Waals surface area contributed by atoms with E-state index in [0.29, 0.717) is 5.56 Å². The summed E-state index contributed by atoms with van der Waals surface area (Å²) in [5.41, 5.74) is 2.96. The van der Waals surface area contributed by atoms with Crippen LogP contribution < -0.4 is 0 Å². The van der Waals surface area contributed by atoms with Gasteiger partial charge in [-0.25, -0.2) is 0 Å². The molecule has 0 spiro atoms. The van der Waals surface area contributed by atoms with E-state index < -0.39 is 0 Å². The summed E-state index contributed by atoms with van der Waals surface area (Å²) in [6, 6.07) is 18.2. The highest BCUT2D eigenvalue weighted by molar-refractivity contribution is 5.76. The first-order chi connectivity index (χ1) is 6.90. The zero-order valence-electron chi connectivity index (χ0n) is 7.60. The van der Waals surface area contributed by atoms with Crippen molar-refractivity contribution in [1.29, 1.82) is 0 Å². The van der Waals surface area contributed by atoms with Crippen molar-refractivity contribution in [1.82, 2.24) is 0 Å². The van der Waals surface area contributed by atoms with Crippen LogP contribution in [0.5, 0.6) is 0 Å². The summed E-state index contributed by atoms with van der Waals surface area (Å²) in [7, 11) is 0. The molecule has 2 aromatic rings. The van der Waals surface area contributed by atoms with Gasteiger partial charge < -0.3 is 0 Å². The van der Waals surface area contributed by atoms with E-state index in [9.17, 15) is 4.79 Å². The van der Waals surface area contributed by atoms with Gasteiger partial charge in [-0.15, -0.1) is 0 Å². The summed E-state index contributed by atoms with van der Waals surface area (Å²) in [4.78, 5) is 10.4. The topological polar surface area (TPSA) is 17.1 Å². The second-order valence-electron chi connectivity index (χ2n) is 3.03. The summed E-state index contributed by atoms with van der Waals surface area (Å²) in [6.07, 6.45) is 0.850. The molecule has 0 aliphatic heterocycles.